The third kappa shape index (κ3) is 2.77. The van der Waals surface area contributed by atoms with Gasteiger partial charge in [-0.15, -0.1) is 0 Å². The summed E-state index contributed by atoms with van der Waals surface area (Å²) in [5.41, 5.74) is 5.47. The van der Waals surface area contributed by atoms with Crippen LogP contribution in [0.2, 0.25) is 0 Å². The van der Waals surface area contributed by atoms with Gasteiger partial charge in [0.2, 0.25) is 5.95 Å². The lowest BCUT2D eigenvalue weighted by Gasteiger charge is -2.23. The molecule has 0 aliphatic carbocycles. The monoisotopic (exact) mass is 415 g/mol. The van der Waals surface area contributed by atoms with Gasteiger partial charge >= 0.3 is 0 Å². The molecule has 0 bridgehead atoms. The number of anilines is 2. The van der Waals surface area contributed by atoms with E-state index in [4.69, 9.17) is 12.2 Å². The molecule has 1 aliphatic heterocycles. The van der Waals surface area contributed by atoms with Crippen molar-refractivity contribution in [3.63, 3.8) is 0 Å². The Balaban J connectivity index is 1.71. The third-order valence-corrected chi connectivity index (χ3v) is 6.13. The lowest BCUT2D eigenvalue weighted by molar-refractivity contribution is 0.739. The molecule has 5 rings (SSSR count). The fourth-order valence-corrected chi connectivity index (χ4v) is 4.69. The Morgan fingerprint density at radius 2 is 1.83 bits per heavy atom. The Kier molecular flexibility index (Phi) is 4.29. The first-order valence-electron chi connectivity index (χ1n) is 9.91. The fraction of sp³-hybridized carbons (Fsp3) is 0.217. The summed E-state index contributed by atoms with van der Waals surface area (Å²) in [6.45, 7) is 6.16. The molecule has 2 aromatic carbocycles. The molecular weight excluding hydrogens is 394 g/mol. The van der Waals surface area contributed by atoms with Gasteiger partial charge in [-0.25, -0.2) is 4.98 Å². The molecule has 4 aromatic rings. The predicted octanol–water partition coefficient (Wildman–Crippen LogP) is 4.54. The van der Waals surface area contributed by atoms with E-state index < -0.39 is 0 Å². The van der Waals surface area contributed by atoms with Crippen LogP contribution in [0.1, 0.15) is 23.6 Å². The quantitative estimate of drug-likeness (QED) is 0.487. The third-order valence-electron chi connectivity index (χ3n) is 5.73. The number of rotatable bonds is 2. The molecule has 30 heavy (non-hydrogen) atoms. The molecule has 2 aromatic heterocycles. The van der Waals surface area contributed by atoms with Gasteiger partial charge in [0.25, 0.3) is 5.56 Å². The number of benzene rings is 2. The van der Waals surface area contributed by atoms with Crippen molar-refractivity contribution in [2.45, 2.75) is 33.2 Å². The lowest BCUT2D eigenvalue weighted by atomic mass is 10.1. The molecule has 0 fully saturated rings. The summed E-state index contributed by atoms with van der Waals surface area (Å²) in [5.74, 6) is 0.497. The van der Waals surface area contributed by atoms with Crippen LogP contribution in [0.15, 0.2) is 53.6 Å². The molecule has 0 spiro atoms. The highest BCUT2D eigenvalue weighted by molar-refractivity contribution is 7.71. The molecule has 1 aliphatic rings. The first-order valence-corrected chi connectivity index (χ1v) is 10.3. The fourth-order valence-electron chi connectivity index (χ4n) is 4.37. The second-order valence-corrected chi connectivity index (χ2v) is 8.19. The average molecular weight is 416 g/mol. The van der Waals surface area contributed by atoms with Crippen molar-refractivity contribution in [3.05, 3.63) is 80.5 Å². The van der Waals surface area contributed by atoms with E-state index in [1.807, 2.05) is 44.2 Å². The molecule has 0 unspecified atom stereocenters. The van der Waals surface area contributed by atoms with Gasteiger partial charge in [-0.1, -0.05) is 48.6 Å². The Morgan fingerprint density at radius 3 is 2.60 bits per heavy atom. The Bertz CT molecular complexity index is 1400. The molecule has 6 nitrogen and oxygen atoms in total. The van der Waals surface area contributed by atoms with Gasteiger partial charge in [0.15, 0.2) is 5.65 Å². The van der Waals surface area contributed by atoms with Crippen LogP contribution >= 0.6 is 12.2 Å². The minimum absolute atomic E-state index is 0.189. The Morgan fingerprint density at radius 1 is 1.10 bits per heavy atom. The van der Waals surface area contributed by atoms with Crippen LogP contribution in [0.3, 0.4) is 0 Å². The van der Waals surface area contributed by atoms with Crippen LogP contribution < -0.4 is 10.5 Å². The van der Waals surface area contributed by atoms with Crippen molar-refractivity contribution >= 4 is 34.9 Å². The largest absolute Gasteiger partial charge is 0.309 e. The minimum Gasteiger partial charge on any atom is -0.309 e. The molecule has 3 heterocycles. The van der Waals surface area contributed by atoms with Gasteiger partial charge in [0, 0.05) is 11.7 Å². The number of para-hydroxylation sites is 2. The maximum atomic E-state index is 13.1. The zero-order chi connectivity index (χ0) is 21.0. The molecule has 7 heteroatoms. The minimum atomic E-state index is -0.273. The van der Waals surface area contributed by atoms with Crippen molar-refractivity contribution in [1.82, 2.24) is 19.5 Å². The van der Waals surface area contributed by atoms with Crippen LogP contribution in [0.5, 0.6) is 0 Å². The van der Waals surface area contributed by atoms with Crippen LogP contribution in [-0.4, -0.2) is 25.6 Å². The molecule has 0 amide bonds. The van der Waals surface area contributed by atoms with Crippen molar-refractivity contribution in [1.29, 1.82) is 0 Å². The molecule has 150 valence electrons. The van der Waals surface area contributed by atoms with Crippen molar-refractivity contribution in [2.75, 3.05) is 4.90 Å². The number of H-pyrrole nitrogens is 1. The van der Waals surface area contributed by atoms with Gasteiger partial charge < -0.3 is 4.90 Å². The molecular formula is C23H21N5OS. The summed E-state index contributed by atoms with van der Waals surface area (Å²) in [6, 6.07) is 14.4. The predicted molar refractivity (Wildman–Crippen MR) is 122 cm³/mol. The summed E-state index contributed by atoms with van der Waals surface area (Å²) < 4.78 is 2.21. The summed E-state index contributed by atoms with van der Waals surface area (Å²) >= 11 is 5.70. The Hall–Kier alpha value is -3.32. The number of hydrogen-bond donors (Lipinski definition) is 1. The number of fused-ring (bicyclic) bond motifs is 2. The molecule has 0 radical (unpaired) electrons. The lowest BCUT2D eigenvalue weighted by Crippen LogP contribution is -2.28. The summed E-state index contributed by atoms with van der Waals surface area (Å²) in [4.78, 5) is 27.3. The maximum Gasteiger partial charge on any atom is 0.264 e. The van der Waals surface area contributed by atoms with E-state index in [0.717, 1.165) is 28.9 Å². The van der Waals surface area contributed by atoms with Crippen molar-refractivity contribution in [3.8, 4) is 5.69 Å². The zero-order valence-electron chi connectivity index (χ0n) is 17.0. The van der Waals surface area contributed by atoms with Gasteiger partial charge in [-0.2, -0.15) is 4.98 Å². The van der Waals surface area contributed by atoms with Crippen LogP contribution in [-0.2, 0) is 6.42 Å². The smallest absolute Gasteiger partial charge is 0.264 e. The molecule has 0 saturated heterocycles. The van der Waals surface area contributed by atoms with Crippen LogP contribution in [0.25, 0.3) is 16.7 Å². The SMILES string of the molecule is Cc1cccc(C)c1-n1cnc2nc(N3c4ccccc4C[C@H]3C)[nH]c(=O)c2c1=S. The number of aromatic nitrogens is 4. The summed E-state index contributed by atoms with van der Waals surface area (Å²) in [5, 5.41) is 0.332. The van der Waals surface area contributed by atoms with Crippen LogP contribution in [0.4, 0.5) is 11.6 Å². The van der Waals surface area contributed by atoms with E-state index in [1.54, 1.807) is 10.9 Å². The molecule has 0 saturated carbocycles. The van der Waals surface area contributed by atoms with E-state index in [-0.39, 0.29) is 11.6 Å². The Labute approximate surface area is 178 Å². The van der Waals surface area contributed by atoms with Crippen LogP contribution in [0, 0.1) is 18.5 Å². The summed E-state index contributed by atoms with van der Waals surface area (Å²) in [7, 11) is 0. The van der Waals surface area contributed by atoms with E-state index in [9.17, 15) is 4.79 Å². The van der Waals surface area contributed by atoms with E-state index in [1.165, 1.54) is 5.56 Å². The second-order valence-electron chi connectivity index (χ2n) is 7.80. The van der Waals surface area contributed by atoms with Gasteiger partial charge in [-0.05, 0) is 49.9 Å². The highest BCUT2D eigenvalue weighted by Crippen LogP contribution is 2.36. The number of nitrogens with zero attached hydrogens (tertiary/aromatic N) is 4. The number of hydrogen-bond acceptors (Lipinski definition) is 5. The number of nitrogens with one attached hydrogen (secondary N) is 1. The standard InChI is InChI=1S/C23H21N5OS/c1-13-7-6-8-14(2)19(13)27-12-24-20-18(22(27)30)21(29)26-23(25-20)28-15(3)11-16-9-4-5-10-17(16)28/h4-10,12,15H,11H2,1-3H3,(H,25,26,29)/t15-/m1/s1. The van der Waals surface area contributed by atoms with Crippen molar-refractivity contribution in [2.24, 2.45) is 0 Å². The zero-order valence-corrected chi connectivity index (χ0v) is 17.8. The van der Waals surface area contributed by atoms with Gasteiger partial charge in [0.1, 0.15) is 16.4 Å². The first-order chi connectivity index (χ1) is 14.5. The number of aromatic amines is 1. The normalized spacial score (nSPS) is 15.6. The van der Waals surface area contributed by atoms with Gasteiger partial charge in [0.05, 0.1) is 5.69 Å². The second kappa shape index (κ2) is 6.88. The van der Waals surface area contributed by atoms with Gasteiger partial charge in [-0.3, -0.25) is 14.3 Å². The molecule has 1 atom stereocenters. The van der Waals surface area contributed by atoms with E-state index >= 15 is 0 Å². The first kappa shape index (κ1) is 18.7. The topological polar surface area (TPSA) is 66.8 Å². The summed E-state index contributed by atoms with van der Waals surface area (Å²) in [6.07, 6.45) is 2.57. The van der Waals surface area contributed by atoms with Crippen molar-refractivity contribution < 1.29 is 0 Å². The average Bonchev–Trinajstić information content (AvgIpc) is 3.04. The number of aryl methyl sites for hydroxylation is 2. The maximum absolute atomic E-state index is 13.1. The highest BCUT2D eigenvalue weighted by Gasteiger charge is 2.29. The van der Waals surface area contributed by atoms with E-state index in [2.05, 4.69) is 38.9 Å². The molecule has 1 N–H and O–H groups in total. The van der Waals surface area contributed by atoms with E-state index in [0.29, 0.717) is 21.6 Å². The highest BCUT2D eigenvalue weighted by atomic mass is 32.1.